The molecule has 1 rings (SSSR count). The maximum atomic E-state index is 9.90. The fraction of sp³-hybridized carbons (Fsp3) is 0.654. The van der Waals surface area contributed by atoms with E-state index in [1.165, 1.54) is 50.5 Å². The van der Waals surface area contributed by atoms with Gasteiger partial charge in [0.05, 0.1) is 39.6 Å². The quantitative estimate of drug-likeness (QED) is 0.136. The van der Waals surface area contributed by atoms with Crippen LogP contribution in [-0.4, -0.2) is 73.8 Å². The Morgan fingerprint density at radius 2 is 1.44 bits per heavy atom. The number of carbonyl (C=O) groups is 1. The minimum Gasteiger partial charge on any atom is -0.478 e. The minimum atomic E-state index is -1.00. The van der Waals surface area contributed by atoms with Crippen LogP contribution < -0.4 is 4.74 Å². The predicted octanol–water partition coefficient (Wildman–Crippen LogP) is 3.98. The Hall–Kier alpha value is -1.97. The molecule has 0 bridgehead atoms. The van der Waals surface area contributed by atoms with Crippen LogP contribution in [0.5, 0.6) is 5.75 Å². The van der Waals surface area contributed by atoms with Crippen LogP contribution in [0, 0.1) is 0 Å². The number of carboxylic acids is 1. The molecule has 0 spiro atoms. The summed E-state index contributed by atoms with van der Waals surface area (Å²) in [6.45, 7) is 7.32. The number of aliphatic hydroxyl groups is 2. The van der Waals surface area contributed by atoms with Crippen molar-refractivity contribution in [3.63, 3.8) is 0 Å². The van der Waals surface area contributed by atoms with Gasteiger partial charge >= 0.3 is 5.97 Å². The lowest BCUT2D eigenvalue weighted by molar-refractivity contribution is -0.131. The first kappa shape index (κ1) is 32.0. The summed E-state index contributed by atoms with van der Waals surface area (Å²) >= 11 is 0. The Bertz CT molecular complexity index is 591. The van der Waals surface area contributed by atoms with Crippen LogP contribution in [0.1, 0.15) is 57.4 Å². The van der Waals surface area contributed by atoms with E-state index in [9.17, 15) is 9.90 Å². The van der Waals surface area contributed by atoms with Gasteiger partial charge in [-0.3, -0.25) is 0 Å². The highest BCUT2D eigenvalue weighted by atomic mass is 16.6. The SMILES string of the molecule is C=CC(=O)O.CCCCCCCCCc1ccc(OC(O)COCCOCCOCCO)cc1. The summed E-state index contributed by atoms with van der Waals surface area (Å²) in [6.07, 6.45) is 10.1. The molecular formula is C26H44O8. The van der Waals surface area contributed by atoms with Crippen LogP contribution in [0.3, 0.4) is 0 Å². The van der Waals surface area contributed by atoms with E-state index in [-0.39, 0.29) is 13.2 Å². The normalized spacial score (nSPS) is 11.4. The first-order valence-corrected chi connectivity index (χ1v) is 12.2. The number of rotatable bonds is 21. The van der Waals surface area contributed by atoms with Crippen LogP contribution in [0.4, 0.5) is 0 Å². The molecule has 0 radical (unpaired) electrons. The zero-order valence-electron chi connectivity index (χ0n) is 20.7. The van der Waals surface area contributed by atoms with E-state index in [1.54, 1.807) is 0 Å². The van der Waals surface area contributed by atoms with Crippen LogP contribution in [0.15, 0.2) is 36.9 Å². The number of carboxylic acid groups (broad SMARTS) is 1. The zero-order chi connectivity index (χ0) is 25.3. The van der Waals surface area contributed by atoms with Crippen molar-refractivity contribution in [3.8, 4) is 5.75 Å². The lowest BCUT2D eigenvalue weighted by atomic mass is 10.0. The second-order valence-electron chi connectivity index (χ2n) is 7.65. The molecular weight excluding hydrogens is 440 g/mol. The first-order valence-electron chi connectivity index (χ1n) is 12.2. The van der Waals surface area contributed by atoms with E-state index in [4.69, 9.17) is 29.2 Å². The van der Waals surface area contributed by atoms with Gasteiger partial charge in [0.15, 0.2) is 0 Å². The third kappa shape index (κ3) is 21.9. The summed E-state index contributed by atoms with van der Waals surface area (Å²) in [7, 11) is 0. The zero-order valence-corrected chi connectivity index (χ0v) is 20.7. The molecule has 1 aromatic carbocycles. The molecule has 196 valence electrons. The fourth-order valence-electron chi connectivity index (χ4n) is 2.90. The molecule has 0 saturated carbocycles. The van der Waals surface area contributed by atoms with E-state index in [1.807, 2.05) is 12.1 Å². The second-order valence-corrected chi connectivity index (χ2v) is 7.65. The second kappa shape index (κ2) is 24.2. The Kier molecular flexibility index (Phi) is 22.8. The van der Waals surface area contributed by atoms with Gasteiger partial charge in [-0.15, -0.1) is 0 Å². The average molecular weight is 485 g/mol. The monoisotopic (exact) mass is 484 g/mol. The van der Waals surface area contributed by atoms with E-state index in [0.29, 0.717) is 38.8 Å². The van der Waals surface area contributed by atoms with Gasteiger partial charge in [-0.05, 0) is 30.5 Å². The highest BCUT2D eigenvalue weighted by Crippen LogP contribution is 2.16. The van der Waals surface area contributed by atoms with Gasteiger partial charge in [0.25, 0.3) is 0 Å². The van der Waals surface area contributed by atoms with Crippen molar-refractivity contribution in [2.75, 3.05) is 46.2 Å². The number of aliphatic hydroxyl groups excluding tert-OH is 2. The number of ether oxygens (including phenoxy) is 4. The lowest BCUT2D eigenvalue weighted by Gasteiger charge is -2.14. The average Bonchev–Trinajstić information content (AvgIpc) is 2.84. The third-order valence-corrected chi connectivity index (χ3v) is 4.68. The van der Waals surface area contributed by atoms with E-state index in [0.717, 1.165) is 12.5 Å². The molecule has 34 heavy (non-hydrogen) atoms. The van der Waals surface area contributed by atoms with Gasteiger partial charge in [0.1, 0.15) is 12.4 Å². The first-order chi connectivity index (χ1) is 16.5. The van der Waals surface area contributed by atoms with Gasteiger partial charge in [0.2, 0.25) is 6.29 Å². The molecule has 0 aromatic heterocycles. The van der Waals surface area contributed by atoms with Crippen molar-refractivity contribution in [3.05, 3.63) is 42.5 Å². The summed E-state index contributed by atoms with van der Waals surface area (Å²) < 4.78 is 21.2. The highest BCUT2D eigenvalue weighted by molar-refractivity contribution is 5.78. The number of aliphatic carboxylic acids is 1. The molecule has 0 aliphatic heterocycles. The van der Waals surface area contributed by atoms with Gasteiger partial charge < -0.3 is 34.3 Å². The molecule has 0 aliphatic rings. The summed E-state index contributed by atoms with van der Waals surface area (Å²) in [5.74, 6) is -0.341. The molecule has 8 heteroatoms. The summed E-state index contributed by atoms with van der Waals surface area (Å²) in [6, 6.07) is 7.92. The molecule has 8 nitrogen and oxygen atoms in total. The fourth-order valence-corrected chi connectivity index (χ4v) is 2.90. The van der Waals surface area contributed by atoms with Crippen molar-refractivity contribution < 1.29 is 39.1 Å². The van der Waals surface area contributed by atoms with Crippen molar-refractivity contribution in [1.82, 2.24) is 0 Å². The van der Waals surface area contributed by atoms with Crippen molar-refractivity contribution in [1.29, 1.82) is 0 Å². The predicted molar refractivity (Wildman–Crippen MR) is 132 cm³/mol. The molecule has 1 unspecified atom stereocenters. The summed E-state index contributed by atoms with van der Waals surface area (Å²) in [5, 5.41) is 26.1. The molecule has 0 amide bonds. The minimum absolute atomic E-state index is 0.0168. The van der Waals surface area contributed by atoms with Gasteiger partial charge in [-0.2, -0.15) is 0 Å². The van der Waals surface area contributed by atoms with Gasteiger partial charge in [-0.1, -0.05) is 64.2 Å². The molecule has 0 saturated heterocycles. The number of benzene rings is 1. The van der Waals surface area contributed by atoms with Crippen molar-refractivity contribution in [2.45, 2.75) is 64.6 Å². The van der Waals surface area contributed by atoms with Crippen LogP contribution >= 0.6 is 0 Å². The van der Waals surface area contributed by atoms with Crippen LogP contribution in [0.2, 0.25) is 0 Å². The Morgan fingerprint density at radius 3 is 2.00 bits per heavy atom. The third-order valence-electron chi connectivity index (χ3n) is 4.68. The number of hydrogen-bond donors (Lipinski definition) is 3. The molecule has 3 N–H and O–H groups in total. The van der Waals surface area contributed by atoms with E-state index in [2.05, 4.69) is 25.6 Å². The largest absolute Gasteiger partial charge is 0.478 e. The topological polar surface area (TPSA) is 115 Å². The molecule has 0 aliphatic carbocycles. The molecule has 0 heterocycles. The van der Waals surface area contributed by atoms with E-state index < -0.39 is 12.3 Å². The van der Waals surface area contributed by atoms with E-state index >= 15 is 0 Å². The maximum absolute atomic E-state index is 9.90. The summed E-state index contributed by atoms with van der Waals surface area (Å²) in [4.78, 5) is 9.25. The Balaban J connectivity index is 0.00000196. The summed E-state index contributed by atoms with van der Waals surface area (Å²) in [5.41, 5.74) is 1.30. The van der Waals surface area contributed by atoms with Crippen LogP contribution in [-0.2, 0) is 25.4 Å². The molecule has 1 atom stereocenters. The van der Waals surface area contributed by atoms with Crippen molar-refractivity contribution >= 4 is 5.97 Å². The van der Waals surface area contributed by atoms with Crippen LogP contribution in [0.25, 0.3) is 0 Å². The van der Waals surface area contributed by atoms with Gasteiger partial charge in [-0.25, -0.2) is 4.79 Å². The number of aryl methyl sites for hydroxylation is 1. The molecule has 0 fully saturated rings. The number of hydrogen-bond acceptors (Lipinski definition) is 7. The van der Waals surface area contributed by atoms with Gasteiger partial charge in [0, 0.05) is 6.08 Å². The highest BCUT2D eigenvalue weighted by Gasteiger charge is 2.06. The standard InChI is InChI=1S/C23H40O6.C3H4O2/c1-2-3-4-5-6-7-8-9-21-10-12-22(13-11-21)29-23(25)20-28-19-18-27-17-16-26-15-14-24;1-2-3(4)5/h10-13,23-25H,2-9,14-20H2,1H3;2H,1H2,(H,4,5). The Labute approximate surface area is 204 Å². The smallest absolute Gasteiger partial charge is 0.327 e. The molecule has 1 aromatic rings. The van der Waals surface area contributed by atoms with Crippen molar-refractivity contribution in [2.24, 2.45) is 0 Å². The number of unbranched alkanes of at least 4 members (excludes halogenated alkanes) is 6. The lowest BCUT2D eigenvalue weighted by Crippen LogP contribution is -2.23. The Morgan fingerprint density at radius 1 is 0.912 bits per heavy atom. The maximum Gasteiger partial charge on any atom is 0.327 e.